The Labute approximate surface area is 340 Å². The van der Waals surface area contributed by atoms with E-state index in [2.05, 4.69) is 41.5 Å². The molecular weight excluding hydrogens is 719 g/mol. The molecule has 1 aliphatic carbocycles. The molecule has 314 valence electrons. The number of anilines is 3. The van der Waals surface area contributed by atoms with Crippen molar-refractivity contribution in [3.63, 3.8) is 0 Å². The van der Waals surface area contributed by atoms with Crippen LogP contribution in [-0.4, -0.2) is 46.6 Å². The Hall–Kier alpha value is -4.47. The van der Waals surface area contributed by atoms with E-state index in [1.807, 2.05) is 115 Å². The molecule has 0 atom stereocenters. The zero-order valence-corrected chi connectivity index (χ0v) is 37.6. The van der Waals surface area contributed by atoms with E-state index in [0.29, 0.717) is 51.9 Å². The lowest BCUT2D eigenvalue weighted by Gasteiger charge is -2.30. The van der Waals surface area contributed by atoms with Gasteiger partial charge in [-0.1, -0.05) is 120 Å². The smallest absolute Gasteiger partial charge is 0.249 e. The molecule has 0 aliphatic heterocycles. The first kappa shape index (κ1) is 48.7. The molecule has 0 radical (unpaired) electrons. The van der Waals surface area contributed by atoms with Gasteiger partial charge in [-0.15, -0.1) is 0 Å². The molecule has 1 aliphatic rings. The fourth-order valence-corrected chi connectivity index (χ4v) is 7.13. The van der Waals surface area contributed by atoms with Crippen LogP contribution in [0.25, 0.3) is 0 Å². The third kappa shape index (κ3) is 12.5. The highest BCUT2D eigenvalue weighted by Gasteiger charge is 2.36. The maximum Gasteiger partial charge on any atom is 0.249 e. The molecule has 4 aromatic rings. The van der Waals surface area contributed by atoms with Crippen LogP contribution in [-0.2, 0) is 5.41 Å². The minimum atomic E-state index is -0.326. The normalized spacial score (nSPS) is 12.8. The van der Waals surface area contributed by atoms with Gasteiger partial charge in [-0.2, -0.15) is 0 Å². The summed E-state index contributed by atoms with van der Waals surface area (Å²) in [5, 5.41) is 0. The highest BCUT2D eigenvalue weighted by atomic mass is 16.2. The van der Waals surface area contributed by atoms with Gasteiger partial charge in [0.2, 0.25) is 32.6 Å². The van der Waals surface area contributed by atoms with E-state index in [1.165, 1.54) is 0 Å². The van der Waals surface area contributed by atoms with E-state index in [1.54, 1.807) is 0 Å². The highest BCUT2D eigenvalue weighted by molar-refractivity contribution is 5.97. The summed E-state index contributed by atoms with van der Waals surface area (Å²) in [6, 6.07) is 9.38. The molecule has 5 rings (SSSR count). The number of Topliss-reactive ketones (excluding diaryl/α,β-unsaturated/α-hetero) is 1. The summed E-state index contributed by atoms with van der Waals surface area (Å²) in [7, 11) is 5.66. The number of hydrogen-bond acceptors (Lipinski definition) is 10. The van der Waals surface area contributed by atoms with Crippen LogP contribution in [0.4, 0.5) is 17.1 Å². The van der Waals surface area contributed by atoms with Crippen molar-refractivity contribution < 1.29 is 4.79 Å². The summed E-state index contributed by atoms with van der Waals surface area (Å²) >= 11 is 0. The number of rotatable bonds is 13. The molecule has 10 nitrogen and oxygen atoms in total. The van der Waals surface area contributed by atoms with Gasteiger partial charge in [0.15, 0.2) is 5.78 Å². The first-order valence-electron chi connectivity index (χ1n) is 20.5. The van der Waals surface area contributed by atoms with Gasteiger partial charge in [0.05, 0.1) is 17.1 Å². The third-order valence-corrected chi connectivity index (χ3v) is 9.69. The Morgan fingerprint density at radius 1 is 0.579 bits per heavy atom. The molecule has 1 saturated carbocycles. The topological polar surface area (TPSA) is 129 Å². The maximum absolute atomic E-state index is 11.6. The van der Waals surface area contributed by atoms with E-state index in [-0.39, 0.29) is 55.6 Å². The van der Waals surface area contributed by atoms with Crippen molar-refractivity contribution in [3.8, 4) is 0 Å². The van der Waals surface area contributed by atoms with Crippen LogP contribution < -0.4 is 47.3 Å². The average molecular weight is 788 g/mol. The molecule has 0 amide bonds. The van der Waals surface area contributed by atoms with E-state index in [4.69, 9.17) is 0 Å². The van der Waals surface area contributed by atoms with Crippen LogP contribution in [0.1, 0.15) is 142 Å². The molecule has 0 heterocycles. The quantitative estimate of drug-likeness (QED) is 0.104. The second-order valence-electron chi connectivity index (χ2n) is 18.6. The lowest BCUT2D eigenvalue weighted by Crippen LogP contribution is -2.47. The Kier molecular flexibility index (Phi) is 17.3. The van der Waals surface area contributed by atoms with Gasteiger partial charge >= 0.3 is 0 Å². The minimum Gasteiger partial charge on any atom is -0.371 e. The van der Waals surface area contributed by atoms with Crippen molar-refractivity contribution in [1.82, 2.24) is 0 Å². The maximum atomic E-state index is 11.6. The van der Waals surface area contributed by atoms with Crippen LogP contribution in [0.3, 0.4) is 0 Å². The SMILES string of the molecule is CC(C)C(=O)c1ccccc1.CC(C)CN(C)c1c(C(C)(C)C)c(=O)c1=O.CC(C)CN(C)c1c(C(C)C)c(=O)c1=O.CC(C)CN(C)c1c(C2CC2)c(=O)c1=O. The Morgan fingerprint density at radius 3 is 1.37 bits per heavy atom. The average Bonchev–Trinajstić information content (AvgIpc) is 3.94. The minimum absolute atomic E-state index is 0.0948. The van der Waals surface area contributed by atoms with Crippen LogP contribution in [0.15, 0.2) is 59.1 Å². The lowest BCUT2D eigenvalue weighted by molar-refractivity contribution is 0.0939. The molecule has 0 unspecified atom stereocenters. The van der Waals surface area contributed by atoms with Gasteiger partial charge in [0.1, 0.15) is 0 Å². The Morgan fingerprint density at radius 2 is 0.982 bits per heavy atom. The van der Waals surface area contributed by atoms with Crippen LogP contribution in [0, 0.1) is 23.7 Å². The van der Waals surface area contributed by atoms with Crippen molar-refractivity contribution in [1.29, 1.82) is 0 Å². The standard InChI is InChI=1S/C13H21NO2.C12H17NO2.C12H19NO2.C10H12O/c1-8(2)7-14(6)10-9(13(3,4)5)11(15)12(10)16;1-7(2)6-13(3)10-9(8-4-5-8)11(14)12(10)15;1-7(2)6-13(5)10-9(8(3)4)11(14)12(10)15;1-8(2)10(11)9-6-4-3-5-7-9/h8H,7H2,1-6H3;7-8H,4-6H2,1-3H3;7-8H,6H2,1-5H3;3-8H,1-2H3. The van der Waals surface area contributed by atoms with E-state index >= 15 is 0 Å². The zero-order valence-electron chi connectivity index (χ0n) is 37.6. The van der Waals surface area contributed by atoms with Crippen molar-refractivity contribution in [2.45, 2.75) is 120 Å². The highest BCUT2D eigenvalue weighted by Crippen LogP contribution is 2.42. The number of carbonyl (C=O) groups is 1. The van der Waals surface area contributed by atoms with Gasteiger partial charge in [-0.25, -0.2) is 0 Å². The monoisotopic (exact) mass is 788 g/mol. The summed E-state index contributed by atoms with van der Waals surface area (Å²) in [4.78, 5) is 86.0. The largest absolute Gasteiger partial charge is 0.371 e. The van der Waals surface area contributed by atoms with Gasteiger partial charge in [-0.05, 0) is 47.8 Å². The summed E-state index contributed by atoms with van der Waals surface area (Å²) in [5.41, 5.74) is 2.93. The molecule has 0 aromatic heterocycles. The van der Waals surface area contributed by atoms with Gasteiger partial charge in [0, 0.05) is 68.9 Å². The molecular formula is C47H69N3O7. The summed E-state index contributed by atoms with van der Waals surface area (Å²) in [6.07, 6.45) is 2.15. The van der Waals surface area contributed by atoms with Crippen LogP contribution in [0.5, 0.6) is 0 Å². The van der Waals surface area contributed by atoms with Crippen molar-refractivity contribution in [2.24, 2.45) is 23.7 Å². The number of benzene rings is 1. The lowest BCUT2D eigenvalue weighted by atomic mass is 9.82. The van der Waals surface area contributed by atoms with Crippen molar-refractivity contribution in [3.05, 3.63) is 114 Å². The number of hydrogen-bond donors (Lipinski definition) is 0. The molecule has 0 bridgehead atoms. The van der Waals surface area contributed by atoms with Gasteiger partial charge in [-0.3, -0.25) is 33.6 Å². The summed E-state index contributed by atoms with van der Waals surface area (Å²) in [5.74, 6) is 2.30. The molecule has 0 saturated heterocycles. The van der Waals surface area contributed by atoms with Crippen molar-refractivity contribution in [2.75, 3.05) is 55.5 Å². The predicted octanol–water partition coefficient (Wildman–Crippen LogP) is 6.95. The summed E-state index contributed by atoms with van der Waals surface area (Å²) < 4.78 is 0. The second-order valence-corrected chi connectivity index (χ2v) is 18.6. The van der Waals surface area contributed by atoms with Gasteiger partial charge < -0.3 is 14.7 Å². The first-order valence-corrected chi connectivity index (χ1v) is 20.5. The van der Waals surface area contributed by atoms with Gasteiger partial charge in [0.25, 0.3) is 0 Å². The molecule has 1 fully saturated rings. The molecule has 10 heteroatoms. The van der Waals surface area contributed by atoms with Crippen molar-refractivity contribution >= 4 is 22.8 Å². The van der Waals surface area contributed by atoms with Crippen LogP contribution in [0.2, 0.25) is 0 Å². The van der Waals surface area contributed by atoms with E-state index in [0.717, 1.165) is 43.6 Å². The number of carbonyl (C=O) groups excluding carboxylic acids is 1. The van der Waals surface area contributed by atoms with Crippen LogP contribution >= 0.6 is 0 Å². The van der Waals surface area contributed by atoms with E-state index in [9.17, 15) is 33.6 Å². The number of ketones is 1. The first-order chi connectivity index (χ1) is 26.3. The molecule has 57 heavy (non-hydrogen) atoms. The fraction of sp³-hybridized carbons (Fsp3) is 0.596. The molecule has 0 N–H and O–H groups in total. The predicted molar refractivity (Wildman–Crippen MR) is 239 cm³/mol. The third-order valence-electron chi connectivity index (χ3n) is 9.69. The zero-order chi connectivity index (χ0) is 43.9. The Bertz CT molecular complexity index is 2070. The Balaban J connectivity index is 0.000000264. The second kappa shape index (κ2) is 20.3. The number of nitrogens with zero attached hydrogens (tertiary/aromatic N) is 3. The fourth-order valence-electron chi connectivity index (χ4n) is 7.13. The summed E-state index contributed by atoms with van der Waals surface area (Å²) in [6.45, 7) is 28.7. The molecule has 0 spiro atoms. The van der Waals surface area contributed by atoms with E-state index < -0.39 is 0 Å². The molecule has 4 aromatic carbocycles.